The van der Waals surface area contributed by atoms with Crippen LogP contribution in [-0.4, -0.2) is 0 Å². The number of hydrogen-bond acceptors (Lipinski definition) is 2. The third-order valence-corrected chi connectivity index (χ3v) is 2.55. The standard InChI is InChI=1S/C13H8F5NO/c14-8-9(15)11(17)13(12(18)10(8)16)20-7-3-1-6(5-19)2-4-7/h1-4H,5,19H2. The predicted molar refractivity (Wildman–Crippen MR) is 60.6 cm³/mol. The number of ether oxygens (including phenoxy) is 1. The highest BCUT2D eigenvalue weighted by atomic mass is 19.2. The molecule has 0 aliphatic rings. The highest BCUT2D eigenvalue weighted by molar-refractivity contribution is 5.36. The van der Waals surface area contributed by atoms with Crippen molar-refractivity contribution in [3.8, 4) is 11.5 Å². The Morgan fingerprint density at radius 3 is 1.65 bits per heavy atom. The van der Waals surface area contributed by atoms with Crippen molar-refractivity contribution in [2.45, 2.75) is 6.54 Å². The first-order valence-electron chi connectivity index (χ1n) is 5.44. The fourth-order valence-corrected chi connectivity index (χ4v) is 1.49. The van der Waals surface area contributed by atoms with E-state index < -0.39 is 34.8 Å². The van der Waals surface area contributed by atoms with Crippen LogP contribution < -0.4 is 10.5 Å². The van der Waals surface area contributed by atoms with Crippen LogP contribution in [-0.2, 0) is 6.54 Å². The van der Waals surface area contributed by atoms with Crippen molar-refractivity contribution in [2.75, 3.05) is 0 Å². The molecule has 0 unspecified atom stereocenters. The summed E-state index contributed by atoms with van der Waals surface area (Å²) in [4.78, 5) is 0. The molecule has 2 rings (SSSR count). The zero-order valence-corrected chi connectivity index (χ0v) is 9.89. The van der Waals surface area contributed by atoms with Crippen LogP contribution in [0.15, 0.2) is 24.3 Å². The molecular weight excluding hydrogens is 281 g/mol. The van der Waals surface area contributed by atoms with Crippen molar-refractivity contribution in [2.24, 2.45) is 5.73 Å². The van der Waals surface area contributed by atoms with Gasteiger partial charge in [0, 0.05) is 6.54 Å². The lowest BCUT2D eigenvalue weighted by Crippen LogP contribution is -2.04. The highest BCUT2D eigenvalue weighted by Crippen LogP contribution is 2.32. The average molecular weight is 289 g/mol. The first-order chi connectivity index (χ1) is 9.45. The smallest absolute Gasteiger partial charge is 0.207 e. The Hall–Kier alpha value is -2.15. The van der Waals surface area contributed by atoms with Gasteiger partial charge in [-0.15, -0.1) is 0 Å². The maximum Gasteiger partial charge on any atom is 0.207 e. The SMILES string of the molecule is NCc1ccc(Oc2c(F)c(F)c(F)c(F)c2F)cc1. The second-order valence-electron chi connectivity index (χ2n) is 3.85. The van der Waals surface area contributed by atoms with Crippen molar-refractivity contribution >= 4 is 0 Å². The first kappa shape index (κ1) is 14.3. The molecule has 0 saturated heterocycles. The number of nitrogens with two attached hydrogens (primary N) is 1. The van der Waals surface area contributed by atoms with Crippen LogP contribution in [0, 0.1) is 29.1 Å². The van der Waals surface area contributed by atoms with Crippen LogP contribution >= 0.6 is 0 Å². The fraction of sp³-hybridized carbons (Fsp3) is 0.0769. The maximum atomic E-state index is 13.4. The molecule has 106 valence electrons. The van der Waals surface area contributed by atoms with E-state index in [2.05, 4.69) is 0 Å². The lowest BCUT2D eigenvalue weighted by atomic mass is 10.2. The van der Waals surface area contributed by atoms with E-state index in [0.717, 1.165) is 5.56 Å². The number of halogens is 5. The largest absolute Gasteiger partial charge is 0.451 e. The summed E-state index contributed by atoms with van der Waals surface area (Å²) in [5.41, 5.74) is 6.07. The first-order valence-corrected chi connectivity index (χ1v) is 5.44. The Labute approximate surface area is 110 Å². The minimum Gasteiger partial charge on any atom is -0.451 e. The maximum absolute atomic E-state index is 13.4. The minimum absolute atomic E-state index is 0.0783. The Kier molecular flexibility index (Phi) is 3.89. The lowest BCUT2D eigenvalue weighted by molar-refractivity contribution is 0.332. The Balaban J connectivity index is 2.42. The topological polar surface area (TPSA) is 35.2 Å². The molecule has 0 aliphatic heterocycles. The predicted octanol–water partition coefficient (Wildman–Crippen LogP) is 3.63. The molecule has 0 spiro atoms. The quantitative estimate of drug-likeness (QED) is 0.532. The summed E-state index contributed by atoms with van der Waals surface area (Å²) in [5.74, 6) is -11.8. The molecule has 0 fully saturated rings. The zero-order chi connectivity index (χ0) is 14.9. The van der Waals surface area contributed by atoms with Gasteiger partial charge in [-0.25, -0.2) is 13.2 Å². The summed E-state index contributed by atoms with van der Waals surface area (Å²) in [6, 6.07) is 5.61. The Morgan fingerprint density at radius 2 is 1.20 bits per heavy atom. The fourth-order valence-electron chi connectivity index (χ4n) is 1.49. The minimum atomic E-state index is -2.23. The summed E-state index contributed by atoms with van der Waals surface area (Å²) in [6.07, 6.45) is 0. The van der Waals surface area contributed by atoms with Crippen LogP contribution in [0.2, 0.25) is 0 Å². The van der Waals surface area contributed by atoms with Crippen LogP contribution in [0.3, 0.4) is 0 Å². The van der Waals surface area contributed by atoms with Crippen LogP contribution in [0.4, 0.5) is 22.0 Å². The van der Waals surface area contributed by atoms with Gasteiger partial charge in [-0.2, -0.15) is 8.78 Å². The van der Waals surface area contributed by atoms with Gasteiger partial charge in [0.05, 0.1) is 0 Å². The van der Waals surface area contributed by atoms with Crippen molar-refractivity contribution in [3.05, 3.63) is 58.9 Å². The summed E-state index contributed by atoms with van der Waals surface area (Å²) in [7, 11) is 0. The summed E-state index contributed by atoms with van der Waals surface area (Å²) in [6.45, 7) is 0.239. The molecule has 0 saturated carbocycles. The Morgan fingerprint density at radius 1 is 0.750 bits per heavy atom. The second-order valence-corrected chi connectivity index (χ2v) is 3.85. The molecule has 0 amide bonds. The van der Waals surface area contributed by atoms with Gasteiger partial charge in [-0.05, 0) is 17.7 Å². The van der Waals surface area contributed by atoms with E-state index in [4.69, 9.17) is 10.5 Å². The van der Waals surface area contributed by atoms with Crippen LogP contribution in [0.25, 0.3) is 0 Å². The number of benzene rings is 2. The second kappa shape index (κ2) is 5.46. The van der Waals surface area contributed by atoms with E-state index in [1.807, 2.05) is 0 Å². The van der Waals surface area contributed by atoms with E-state index in [9.17, 15) is 22.0 Å². The average Bonchev–Trinajstić information content (AvgIpc) is 2.48. The molecule has 0 atom stereocenters. The summed E-state index contributed by atoms with van der Waals surface area (Å²) < 4.78 is 70.2. The van der Waals surface area contributed by atoms with Crippen LogP contribution in [0.5, 0.6) is 11.5 Å². The molecule has 7 heteroatoms. The van der Waals surface area contributed by atoms with E-state index in [-0.39, 0.29) is 12.3 Å². The van der Waals surface area contributed by atoms with Gasteiger partial charge in [0.2, 0.25) is 34.8 Å². The normalized spacial score (nSPS) is 10.7. The zero-order valence-electron chi connectivity index (χ0n) is 9.89. The molecule has 2 nitrogen and oxygen atoms in total. The van der Waals surface area contributed by atoms with Crippen LogP contribution in [0.1, 0.15) is 5.56 Å². The monoisotopic (exact) mass is 289 g/mol. The molecule has 2 N–H and O–H groups in total. The van der Waals surface area contributed by atoms with Gasteiger partial charge in [0.15, 0.2) is 0 Å². The summed E-state index contributed by atoms with van der Waals surface area (Å²) >= 11 is 0. The van der Waals surface area contributed by atoms with Gasteiger partial charge in [0.25, 0.3) is 0 Å². The van der Waals surface area contributed by atoms with Gasteiger partial charge in [-0.1, -0.05) is 12.1 Å². The van der Waals surface area contributed by atoms with Gasteiger partial charge >= 0.3 is 0 Å². The molecular formula is C13H8F5NO. The van der Waals surface area contributed by atoms with Gasteiger partial charge in [-0.3, -0.25) is 0 Å². The molecule has 20 heavy (non-hydrogen) atoms. The third kappa shape index (κ3) is 2.44. The highest BCUT2D eigenvalue weighted by Gasteiger charge is 2.27. The molecule has 0 radical (unpaired) electrons. The number of rotatable bonds is 3. The lowest BCUT2D eigenvalue weighted by Gasteiger charge is -2.10. The summed E-state index contributed by atoms with van der Waals surface area (Å²) in [5, 5.41) is 0. The molecule has 2 aromatic rings. The third-order valence-electron chi connectivity index (χ3n) is 2.55. The molecule has 0 aliphatic carbocycles. The van der Waals surface area contributed by atoms with E-state index in [1.54, 1.807) is 0 Å². The molecule has 0 bridgehead atoms. The van der Waals surface area contributed by atoms with E-state index in [0.29, 0.717) is 0 Å². The van der Waals surface area contributed by atoms with Gasteiger partial charge < -0.3 is 10.5 Å². The van der Waals surface area contributed by atoms with Crippen molar-refractivity contribution < 1.29 is 26.7 Å². The van der Waals surface area contributed by atoms with Crippen molar-refractivity contribution in [1.82, 2.24) is 0 Å². The molecule has 0 heterocycles. The van der Waals surface area contributed by atoms with E-state index in [1.165, 1.54) is 24.3 Å². The van der Waals surface area contributed by atoms with Crippen molar-refractivity contribution in [3.63, 3.8) is 0 Å². The van der Waals surface area contributed by atoms with E-state index >= 15 is 0 Å². The molecule has 0 aromatic heterocycles. The van der Waals surface area contributed by atoms with Gasteiger partial charge in [0.1, 0.15) is 5.75 Å². The van der Waals surface area contributed by atoms with Crippen molar-refractivity contribution in [1.29, 1.82) is 0 Å². The molecule has 2 aromatic carbocycles. The Bertz CT molecular complexity index is 613. The number of hydrogen-bond donors (Lipinski definition) is 1.